The fraction of sp³-hybridized carbons (Fsp3) is 1.00. The number of β-amino-alcohol motifs (C(OH)–C–C–N with tert-alkyl or cyclic N) is 1. The van der Waals surface area contributed by atoms with Crippen molar-refractivity contribution in [1.29, 1.82) is 0 Å². The van der Waals surface area contributed by atoms with E-state index in [0.717, 1.165) is 0 Å². The van der Waals surface area contributed by atoms with Crippen LogP contribution in [0.25, 0.3) is 0 Å². The minimum atomic E-state index is -1.09. The summed E-state index contributed by atoms with van der Waals surface area (Å²) in [5.74, 6) is 0. The van der Waals surface area contributed by atoms with Gasteiger partial charge in [0, 0.05) is 6.54 Å². The predicted octanol–water partition coefficient (Wildman–Crippen LogP) is -1.94. The Hall–Kier alpha value is -0.160. The molecule has 1 aliphatic heterocycles. The molecule has 1 aliphatic rings. The molecule has 1 saturated heterocycles. The van der Waals surface area contributed by atoms with E-state index in [0.29, 0.717) is 6.54 Å². The molecule has 0 aromatic heterocycles. The molecule has 0 saturated carbocycles. The summed E-state index contributed by atoms with van der Waals surface area (Å²) in [5.41, 5.74) is -1.09. The van der Waals surface area contributed by atoms with Crippen molar-refractivity contribution in [2.75, 3.05) is 13.2 Å². The molecular weight excluding hydrogens is 134 g/mol. The Labute approximate surface area is 59.5 Å². The van der Waals surface area contributed by atoms with E-state index < -0.39 is 11.7 Å². The third-order valence-electron chi connectivity index (χ3n) is 1.94. The molecule has 4 heteroatoms. The van der Waals surface area contributed by atoms with Crippen molar-refractivity contribution >= 4 is 0 Å². The summed E-state index contributed by atoms with van der Waals surface area (Å²) in [6.45, 7) is 1.73. The summed E-state index contributed by atoms with van der Waals surface area (Å²) in [7, 11) is 0. The van der Waals surface area contributed by atoms with Crippen molar-refractivity contribution in [3.63, 3.8) is 0 Å². The van der Waals surface area contributed by atoms with Gasteiger partial charge < -0.3 is 20.6 Å². The van der Waals surface area contributed by atoms with Crippen LogP contribution in [0.1, 0.15) is 6.92 Å². The summed E-state index contributed by atoms with van der Waals surface area (Å²) in [5, 5.41) is 30.0. The van der Waals surface area contributed by atoms with Gasteiger partial charge in [-0.05, 0) is 6.92 Å². The Morgan fingerprint density at radius 2 is 2.30 bits per heavy atom. The maximum atomic E-state index is 9.34. The molecule has 0 amide bonds. The lowest BCUT2D eigenvalue weighted by molar-refractivity contribution is -0.0411. The zero-order valence-corrected chi connectivity index (χ0v) is 5.91. The Kier molecular flexibility index (Phi) is 1.96. The molecule has 0 radical (unpaired) electrons. The highest BCUT2D eigenvalue weighted by atomic mass is 16.3. The van der Waals surface area contributed by atoms with Crippen molar-refractivity contribution < 1.29 is 15.3 Å². The summed E-state index contributed by atoms with van der Waals surface area (Å²) in [6, 6.07) is -0.380. The fourth-order valence-electron chi connectivity index (χ4n) is 1.15. The molecule has 60 valence electrons. The Balaban J connectivity index is 2.58. The van der Waals surface area contributed by atoms with Crippen molar-refractivity contribution in [2.24, 2.45) is 0 Å². The standard InChI is InChI=1S/C6H13NO3/c1-6(10)3-7-4(2-8)5(6)9/h4-5,7-10H,2-3H2,1H3. The van der Waals surface area contributed by atoms with Gasteiger partial charge in [0.05, 0.1) is 12.6 Å². The highest BCUT2D eigenvalue weighted by molar-refractivity contribution is 4.99. The van der Waals surface area contributed by atoms with Crippen LogP contribution in [0.5, 0.6) is 0 Å². The van der Waals surface area contributed by atoms with Gasteiger partial charge in [0.2, 0.25) is 0 Å². The van der Waals surface area contributed by atoms with E-state index in [1.54, 1.807) is 6.92 Å². The first-order chi connectivity index (χ1) is 4.58. The first-order valence-corrected chi connectivity index (χ1v) is 3.32. The number of nitrogens with one attached hydrogen (secondary N) is 1. The number of aliphatic hydroxyl groups excluding tert-OH is 2. The second-order valence-corrected chi connectivity index (χ2v) is 2.97. The molecule has 4 nitrogen and oxygen atoms in total. The van der Waals surface area contributed by atoms with E-state index in [1.807, 2.05) is 0 Å². The third-order valence-corrected chi connectivity index (χ3v) is 1.94. The second-order valence-electron chi connectivity index (χ2n) is 2.97. The van der Waals surface area contributed by atoms with Crippen LogP contribution in [0.15, 0.2) is 0 Å². The first kappa shape index (κ1) is 7.94. The minimum Gasteiger partial charge on any atom is -0.395 e. The third kappa shape index (κ3) is 1.15. The van der Waals surface area contributed by atoms with E-state index in [4.69, 9.17) is 5.11 Å². The summed E-state index contributed by atoms with van der Waals surface area (Å²) < 4.78 is 0. The molecule has 10 heavy (non-hydrogen) atoms. The first-order valence-electron chi connectivity index (χ1n) is 3.32. The second kappa shape index (κ2) is 2.47. The molecule has 0 bridgehead atoms. The molecule has 0 aromatic rings. The molecule has 1 fully saturated rings. The minimum absolute atomic E-state index is 0.142. The molecule has 0 aromatic carbocycles. The normalized spacial score (nSPS) is 48.0. The van der Waals surface area contributed by atoms with Crippen LogP contribution in [0, 0.1) is 0 Å². The maximum Gasteiger partial charge on any atom is 0.102 e. The Bertz CT molecular complexity index is 126. The summed E-state index contributed by atoms with van der Waals surface area (Å²) in [6.07, 6.45) is -0.863. The lowest BCUT2D eigenvalue weighted by atomic mass is 10.00. The monoisotopic (exact) mass is 147 g/mol. The number of aliphatic hydroxyl groups is 3. The number of rotatable bonds is 1. The van der Waals surface area contributed by atoms with Crippen LogP contribution >= 0.6 is 0 Å². The van der Waals surface area contributed by atoms with E-state index in [2.05, 4.69) is 5.32 Å². The van der Waals surface area contributed by atoms with Gasteiger partial charge >= 0.3 is 0 Å². The van der Waals surface area contributed by atoms with E-state index in [-0.39, 0.29) is 12.6 Å². The maximum absolute atomic E-state index is 9.34. The van der Waals surface area contributed by atoms with Gasteiger partial charge in [0.1, 0.15) is 11.7 Å². The van der Waals surface area contributed by atoms with E-state index in [1.165, 1.54) is 0 Å². The van der Waals surface area contributed by atoms with Gasteiger partial charge in [-0.3, -0.25) is 0 Å². The van der Waals surface area contributed by atoms with Crippen LogP contribution in [0.3, 0.4) is 0 Å². The number of hydrogen-bond acceptors (Lipinski definition) is 4. The van der Waals surface area contributed by atoms with Crippen molar-refractivity contribution in [3.05, 3.63) is 0 Å². The highest BCUT2D eigenvalue weighted by Crippen LogP contribution is 2.18. The van der Waals surface area contributed by atoms with Crippen LogP contribution < -0.4 is 5.32 Å². The molecule has 4 N–H and O–H groups in total. The van der Waals surface area contributed by atoms with Gasteiger partial charge in [-0.15, -0.1) is 0 Å². The van der Waals surface area contributed by atoms with E-state index >= 15 is 0 Å². The van der Waals surface area contributed by atoms with Crippen LogP contribution in [0.4, 0.5) is 0 Å². The molecule has 1 heterocycles. The zero-order valence-electron chi connectivity index (χ0n) is 5.91. The van der Waals surface area contributed by atoms with Crippen LogP contribution in [-0.2, 0) is 0 Å². The quantitative estimate of drug-likeness (QED) is 0.348. The molecule has 0 aliphatic carbocycles. The predicted molar refractivity (Wildman–Crippen MR) is 35.5 cm³/mol. The van der Waals surface area contributed by atoms with Gasteiger partial charge in [-0.2, -0.15) is 0 Å². The molecule has 3 unspecified atom stereocenters. The van der Waals surface area contributed by atoms with Gasteiger partial charge in [0.15, 0.2) is 0 Å². The largest absolute Gasteiger partial charge is 0.395 e. The summed E-state index contributed by atoms with van der Waals surface area (Å²) >= 11 is 0. The van der Waals surface area contributed by atoms with Crippen LogP contribution in [0.2, 0.25) is 0 Å². The molecule has 0 spiro atoms. The zero-order chi connectivity index (χ0) is 7.78. The Morgan fingerprint density at radius 3 is 2.50 bits per heavy atom. The average Bonchev–Trinajstić information content (AvgIpc) is 2.10. The number of hydrogen-bond donors (Lipinski definition) is 4. The van der Waals surface area contributed by atoms with Crippen LogP contribution in [-0.4, -0.2) is 46.2 Å². The van der Waals surface area contributed by atoms with Crippen molar-refractivity contribution in [3.8, 4) is 0 Å². The molecule has 3 atom stereocenters. The highest BCUT2D eigenvalue weighted by Gasteiger charge is 2.42. The topological polar surface area (TPSA) is 72.7 Å². The lowest BCUT2D eigenvalue weighted by Gasteiger charge is -2.21. The van der Waals surface area contributed by atoms with Gasteiger partial charge in [0.25, 0.3) is 0 Å². The molecular formula is C6H13NO3. The summed E-state index contributed by atoms with van der Waals surface area (Å²) in [4.78, 5) is 0. The lowest BCUT2D eigenvalue weighted by Crippen LogP contribution is -2.42. The van der Waals surface area contributed by atoms with Gasteiger partial charge in [-0.1, -0.05) is 0 Å². The van der Waals surface area contributed by atoms with E-state index in [9.17, 15) is 10.2 Å². The van der Waals surface area contributed by atoms with Crippen molar-refractivity contribution in [2.45, 2.75) is 24.7 Å². The average molecular weight is 147 g/mol. The van der Waals surface area contributed by atoms with Gasteiger partial charge in [-0.25, -0.2) is 0 Å². The molecule has 1 rings (SSSR count). The van der Waals surface area contributed by atoms with Crippen molar-refractivity contribution in [1.82, 2.24) is 5.32 Å². The smallest absolute Gasteiger partial charge is 0.102 e. The fourth-order valence-corrected chi connectivity index (χ4v) is 1.15. The SMILES string of the molecule is CC1(O)CNC(CO)C1O. The Morgan fingerprint density at radius 1 is 1.70 bits per heavy atom.